The van der Waals surface area contributed by atoms with Crippen LogP contribution in [0.2, 0.25) is 0 Å². The molecule has 1 N–H and O–H groups in total. The topological polar surface area (TPSA) is 88.2 Å². The number of nitrogens with one attached hydrogen (secondary N) is 1. The molecule has 2 saturated heterocycles. The van der Waals surface area contributed by atoms with Crippen molar-refractivity contribution in [3.63, 3.8) is 0 Å². The first-order valence-electron chi connectivity index (χ1n) is 11.6. The van der Waals surface area contributed by atoms with Gasteiger partial charge in [-0.1, -0.05) is 12.1 Å². The highest BCUT2D eigenvalue weighted by molar-refractivity contribution is 6.09. The van der Waals surface area contributed by atoms with Gasteiger partial charge in [0.05, 0.1) is 19.3 Å². The summed E-state index contributed by atoms with van der Waals surface area (Å²) in [6.45, 7) is 2.57. The van der Waals surface area contributed by atoms with Crippen LogP contribution >= 0.6 is 0 Å². The third kappa shape index (κ3) is 4.06. The summed E-state index contributed by atoms with van der Waals surface area (Å²) in [6.07, 6.45) is 2.29. The number of nitrogens with zero attached hydrogens (tertiary/aromatic N) is 2. The number of halogens is 2. The molecule has 0 spiro atoms. The zero-order valence-corrected chi connectivity index (χ0v) is 19.2. The van der Waals surface area contributed by atoms with E-state index >= 15 is 0 Å². The molecule has 4 amide bonds. The first kappa shape index (κ1) is 23.1. The highest BCUT2D eigenvalue weighted by Gasteiger charge is 2.50. The van der Waals surface area contributed by atoms with Gasteiger partial charge in [0.25, 0.3) is 5.91 Å². The van der Waals surface area contributed by atoms with E-state index in [4.69, 9.17) is 9.47 Å². The Kier molecular flexibility index (Phi) is 5.82. The van der Waals surface area contributed by atoms with E-state index in [0.717, 1.165) is 41.9 Å². The first-order valence-corrected chi connectivity index (χ1v) is 11.6. The summed E-state index contributed by atoms with van der Waals surface area (Å²) in [5, 5.41) is 2.52. The fourth-order valence-corrected chi connectivity index (χ4v) is 4.87. The van der Waals surface area contributed by atoms with Gasteiger partial charge in [0.2, 0.25) is 5.91 Å². The van der Waals surface area contributed by atoms with Crippen LogP contribution in [0.3, 0.4) is 0 Å². The summed E-state index contributed by atoms with van der Waals surface area (Å²) in [5.74, 6) is -1.97. The van der Waals surface area contributed by atoms with Crippen molar-refractivity contribution >= 4 is 17.8 Å². The van der Waals surface area contributed by atoms with Gasteiger partial charge in [0.15, 0.2) is 23.1 Å². The van der Waals surface area contributed by atoms with Crippen LogP contribution in [-0.2, 0) is 15.1 Å². The van der Waals surface area contributed by atoms with Gasteiger partial charge >= 0.3 is 6.03 Å². The van der Waals surface area contributed by atoms with E-state index in [9.17, 15) is 23.2 Å². The SMILES string of the molecule is C[C@@]1(c2ccc(F)c(F)c2)NC(=O)N(CC(=O)N2CCC[C@@H]2c2ccc3c(c2)OCCCO3)C1=O. The number of carbonyl (C=O) groups excluding carboxylic acids is 3. The molecule has 184 valence electrons. The summed E-state index contributed by atoms with van der Waals surface area (Å²) >= 11 is 0. The van der Waals surface area contributed by atoms with E-state index in [1.807, 2.05) is 18.2 Å². The first-order chi connectivity index (χ1) is 16.8. The van der Waals surface area contributed by atoms with Gasteiger partial charge in [-0.25, -0.2) is 13.6 Å². The quantitative estimate of drug-likeness (QED) is 0.672. The number of imide groups is 1. The van der Waals surface area contributed by atoms with Crippen LogP contribution < -0.4 is 14.8 Å². The Morgan fingerprint density at radius 3 is 2.60 bits per heavy atom. The molecule has 2 aromatic rings. The minimum atomic E-state index is -1.61. The lowest BCUT2D eigenvalue weighted by molar-refractivity contribution is -0.139. The van der Waals surface area contributed by atoms with E-state index in [-0.39, 0.29) is 17.5 Å². The number of amides is 4. The average molecular weight is 485 g/mol. The van der Waals surface area contributed by atoms with Crippen LogP contribution in [0.25, 0.3) is 0 Å². The van der Waals surface area contributed by atoms with Crippen LogP contribution in [0.4, 0.5) is 13.6 Å². The predicted octanol–water partition coefficient (Wildman–Crippen LogP) is 3.26. The maximum atomic E-state index is 13.8. The molecule has 2 atom stereocenters. The molecular weight excluding hydrogens is 460 g/mol. The van der Waals surface area contributed by atoms with Crippen molar-refractivity contribution in [2.24, 2.45) is 0 Å². The highest BCUT2D eigenvalue weighted by Crippen LogP contribution is 2.38. The van der Waals surface area contributed by atoms with Crippen molar-refractivity contribution in [3.8, 4) is 11.5 Å². The lowest BCUT2D eigenvalue weighted by atomic mass is 9.92. The van der Waals surface area contributed by atoms with Gasteiger partial charge in [-0.2, -0.15) is 0 Å². The number of ether oxygens (including phenoxy) is 2. The van der Waals surface area contributed by atoms with Gasteiger partial charge < -0.3 is 19.7 Å². The highest BCUT2D eigenvalue weighted by atomic mass is 19.2. The molecule has 8 nitrogen and oxygen atoms in total. The lowest BCUT2D eigenvalue weighted by Gasteiger charge is -2.27. The number of hydrogen-bond donors (Lipinski definition) is 1. The van der Waals surface area contributed by atoms with Crippen molar-refractivity contribution in [1.82, 2.24) is 15.1 Å². The Labute approximate surface area is 200 Å². The molecule has 0 saturated carbocycles. The van der Waals surface area contributed by atoms with Gasteiger partial charge in [0.1, 0.15) is 12.1 Å². The number of rotatable bonds is 4. The standard InChI is InChI=1S/C25H25F2N3O5/c1-25(16-6-7-17(26)18(27)13-16)23(32)30(24(33)28-25)14-22(31)29-9-2-4-19(29)15-5-8-20-21(12-15)35-11-3-10-34-20/h5-8,12-13,19H,2-4,9-11,14H2,1H3,(H,28,33)/t19-,25+/m1/s1. The van der Waals surface area contributed by atoms with Crippen LogP contribution in [0, 0.1) is 11.6 Å². The summed E-state index contributed by atoms with van der Waals surface area (Å²) < 4.78 is 38.6. The molecule has 3 aliphatic heterocycles. The van der Waals surface area contributed by atoms with Gasteiger partial charge in [-0.15, -0.1) is 0 Å². The Morgan fingerprint density at radius 2 is 1.83 bits per heavy atom. The van der Waals surface area contributed by atoms with Gasteiger partial charge in [0, 0.05) is 13.0 Å². The monoisotopic (exact) mass is 485 g/mol. The smallest absolute Gasteiger partial charge is 0.325 e. The molecule has 3 heterocycles. The minimum Gasteiger partial charge on any atom is -0.490 e. The van der Waals surface area contributed by atoms with E-state index in [1.54, 1.807) is 4.90 Å². The van der Waals surface area contributed by atoms with Crippen LogP contribution in [0.1, 0.15) is 43.4 Å². The maximum absolute atomic E-state index is 13.8. The van der Waals surface area contributed by atoms with Gasteiger partial charge in [-0.3, -0.25) is 14.5 Å². The molecule has 10 heteroatoms. The van der Waals surface area contributed by atoms with Gasteiger partial charge in [-0.05, 0) is 55.2 Å². The second-order valence-electron chi connectivity index (χ2n) is 9.08. The summed E-state index contributed by atoms with van der Waals surface area (Å²) in [4.78, 5) is 41.5. The van der Waals surface area contributed by atoms with E-state index < -0.39 is 35.7 Å². The number of likely N-dealkylation sites (tertiary alicyclic amines) is 1. The molecule has 0 bridgehead atoms. The minimum absolute atomic E-state index is 0.0935. The second-order valence-corrected chi connectivity index (χ2v) is 9.08. The summed E-state index contributed by atoms with van der Waals surface area (Å²) in [5.41, 5.74) is -0.621. The number of benzene rings is 2. The maximum Gasteiger partial charge on any atom is 0.325 e. The van der Waals surface area contributed by atoms with Crippen LogP contribution in [0.15, 0.2) is 36.4 Å². The van der Waals surface area contributed by atoms with E-state index in [2.05, 4.69) is 5.32 Å². The molecular formula is C25H25F2N3O5. The largest absolute Gasteiger partial charge is 0.490 e. The van der Waals surface area contributed by atoms with Crippen molar-refractivity contribution in [3.05, 3.63) is 59.2 Å². The molecule has 2 fully saturated rings. The molecule has 3 aliphatic rings. The molecule has 0 radical (unpaired) electrons. The molecule has 2 aromatic carbocycles. The molecule has 0 aliphatic carbocycles. The van der Waals surface area contributed by atoms with E-state index in [0.29, 0.717) is 31.3 Å². The third-order valence-electron chi connectivity index (χ3n) is 6.79. The van der Waals surface area contributed by atoms with Crippen molar-refractivity contribution in [2.75, 3.05) is 26.3 Å². The van der Waals surface area contributed by atoms with Crippen molar-refractivity contribution < 1.29 is 32.6 Å². The van der Waals surface area contributed by atoms with Crippen molar-refractivity contribution in [1.29, 1.82) is 0 Å². The Hall–Kier alpha value is -3.69. The molecule has 0 aromatic heterocycles. The number of carbonyl (C=O) groups is 3. The third-order valence-corrected chi connectivity index (χ3v) is 6.79. The zero-order valence-electron chi connectivity index (χ0n) is 19.2. The fourth-order valence-electron chi connectivity index (χ4n) is 4.87. The van der Waals surface area contributed by atoms with E-state index in [1.165, 1.54) is 13.0 Å². The zero-order chi connectivity index (χ0) is 24.7. The van der Waals surface area contributed by atoms with Crippen LogP contribution in [-0.4, -0.2) is 53.9 Å². The summed E-state index contributed by atoms with van der Waals surface area (Å²) in [6, 6.07) is 7.64. The summed E-state index contributed by atoms with van der Waals surface area (Å²) in [7, 11) is 0. The second kappa shape index (κ2) is 8.83. The fraction of sp³-hybridized carbons (Fsp3) is 0.400. The van der Waals surface area contributed by atoms with Crippen LogP contribution in [0.5, 0.6) is 11.5 Å². The number of hydrogen-bond acceptors (Lipinski definition) is 5. The van der Waals surface area contributed by atoms with Crippen molar-refractivity contribution in [2.45, 2.75) is 37.8 Å². The normalized spacial score (nSPS) is 23.9. The predicted molar refractivity (Wildman–Crippen MR) is 120 cm³/mol. The lowest BCUT2D eigenvalue weighted by Crippen LogP contribution is -2.44. The number of fused-ring (bicyclic) bond motifs is 1. The molecule has 35 heavy (non-hydrogen) atoms. The molecule has 5 rings (SSSR count). The molecule has 0 unspecified atom stereocenters. The number of urea groups is 1. The Balaban J connectivity index is 1.33. The Bertz CT molecular complexity index is 1210. The average Bonchev–Trinajstić information content (AvgIpc) is 3.31. The Morgan fingerprint density at radius 1 is 1.06 bits per heavy atom.